The molecule has 0 saturated carbocycles. The second kappa shape index (κ2) is 8.35. The Morgan fingerprint density at radius 2 is 1.67 bits per heavy atom. The summed E-state index contributed by atoms with van der Waals surface area (Å²) in [5, 5.41) is 2.10. The second-order valence-corrected chi connectivity index (χ2v) is 7.70. The average molecular weight is 434 g/mol. The molecule has 0 aromatic heterocycles. The molecule has 9 heteroatoms. The minimum absolute atomic E-state index is 0.0413. The highest BCUT2D eigenvalue weighted by atomic mass is 32.2. The molecule has 1 saturated heterocycles. The van der Waals surface area contributed by atoms with Gasteiger partial charge in [0.2, 0.25) is 5.91 Å². The molecule has 1 N–H and O–H groups in total. The number of benzene rings is 2. The summed E-state index contributed by atoms with van der Waals surface area (Å²) in [4.78, 5) is 37.9. The fourth-order valence-electron chi connectivity index (χ4n) is 2.89. The lowest BCUT2D eigenvalue weighted by Gasteiger charge is -2.15. The van der Waals surface area contributed by atoms with Crippen molar-refractivity contribution in [1.29, 1.82) is 0 Å². The number of carbonyl (C=O) groups is 3. The van der Waals surface area contributed by atoms with E-state index in [2.05, 4.69) is 5.32 Å². The fraction of sp³-hybridized carbons (Fsp3) is 0.190. The minimum Gasteiger partial charge on any atom is -0.324 e. The van der Waals surface area contributed by atoms with E-state index in [1.165, 1.54) is 18.2 Å². The molecule has 1 fully saturated rings. The van der Waals surface area contributed by atoms with Crippen LogP contribution in [0.1, 0.15) is 22.3 Å². The number of carbonyl (C=O) groups excluding carboxylic acids is 3. The van der Waals surface area contributed by atoms with Gasteiger partial charge in [0.25, 0.3) is 11.1 Å². The molecule has 156 valence electrons. The topological polar surface area (TPSA) is 66.5 Å². The number of nitrogens with zero attached hydrogens (tertiary/aromatic N) is 1. The maximum absolute atomic E-state index is 12.7. The molecule has 30 heavy (non-hydrogen) atoms. The highest BCUT2D eigenvalue weighted by molar-refractivity contribution is 8.18. The largest absolute Gasteiger partial charge is 0.416 e. The summed E-state index contributed by atoms with van der Waals surface area (Å²) in [6, 6.07) is 9.73. The van der Waals surface area contributed by atoms with Crippen LogP contribution in [0.5, 0.6) is 0 Å². The quantitative estimate of drug-likeness (QED) is 0.688. The molecule has 1 heterocycles. The van der Waals surface area contributed by atoms with Gasteiger partial charge in [-0.15, -0.1) is 0 Å². The van der Waals surface area contributed by atoms with Crippen LogP contribution in [-0.2, 0) is 15.8 Å². The molecule has 0 aliphatic carbocycles. The zero-order chi connectivity index (χ0) is 22.1. The SMILES string of the molecule is Cc1cccc(C)c1NC(=O)CN1C(=O)SC(=Cc2ccc(C(F)(F)F)cc2)C1=O. The lowest BCUT2D eigenvalue weighted by molar-refractivity contribution is -0.137. The first-order chi connectivity index (χ1) is 14.1. The van der Waals surface area contributed by atoms with Gasteiger partial charge in [-0.05, 0) is 60.5 Å². The Kier molecular flexibility index (Phi) is 6.02. The Bertz CT molecular complexity index is 1030. The monoisotopic (exact) mass is 434 g/mol. The van der Waals surface area contributed by atoms with Crippen LogP contribution in [0.4, 0.5) is 23.7 Å². The highest BCUT2D eigenvalue weighted by Crippen LogP contribution is 2.33. The van der Waals surface area contributed by atoms with Gasteiger partial charge >= 0.3 is 6.18 Å². The van der Waals surface area contributed by atoms with E-state index in [9.17, 15) is 27.6 Å². The molecule has 0 atom stereocenters. The summed E-state index contributed by atoms with van der Waals surface area (Å²) < 4.78 is 38.0. The maximum atomic E-state index is 12.7. The predicted molar refractivity (Wildman–Crippen MR) is 109 cm³/mol. The van der Waals surface area contributed by atoms with E-state index in [-0.39, 0.29) is 4.91 Å². The number of para-hydroxylation sites is 1. The normalized spacial score (nSPS) is 15.8. The number of thioether (sulfide) groups is 1. The van der Waals surface area contributed by atoms with Gasteiger partial charge in [-0.25, -0.2) is 0 Å². The third-order valence-corrected chi connectivity index (χ3v) is 5.36. The molecule has 0 bridgehead atoms. The zero-order valence-corrected chi connectivity index (χ0v) is 16.9. The third-order valence-electron chi connectivity index (χ3n) is 4.46. The standard InChI is InChI=1S/C21H17F3N2O3S/c1-12-4-3-5-13(2)18(12)25-17(27)11-26-19(28)16(30-20(26)29)10-14-6-8-15(9-7-14)21(22,23)24/h3-10H,11H2,1-2H3,(H,25,27). The Labute approximate surface area is 174 Å². The Morgan fingerprint density at radius 3 is 2.23 bits per heavy atom. The number of amides is 3. The summed E-state index contributed by atoms with van der Waals surface area (Å²) in [5.74, 6) is -1.19. The van der Waals surface area contributed by atoms with Gasteiger partial charge in [0.15, 0.2) is 0 Å². The molecule has 0 spiro atoms. The van der Waals surface area contributed by atoms with E-state index in [4.69, 9.17) is 0 Å². The van der Waals surface area contributed by atoms with Crippen molar-refractivity contribution in [3.8, 4) is 0 Å². The smallest absolute Gasteiger partial charge is 0.324 e. The maximum Gasteiger partial charge on any atom is 0.416 e. The number of alkyl halides is 3. The van der Waals surface area contributed by atoms with Crippen LogP contribution in [0.25, 0.3) is 6.08 Å². The number of imide groups is 1. The zero-order valence-electron chi connectivity index (χ0n) is 16.0. The van der Waals surface area contributed by atoms with Crippen LogP contribution in [-0.4, -0.2) is 28.5 Å². The van der Waals surface area contributed by atoms with Gasteiger partial charge in [-0.3, -0.25) is 19.3 Å². The van der Waals surface area contributed by atoms with Gasteiger partial charge in [0.1, 0.15) is 6.54 Å². The molecule has 1 aliphatic heterocycles. The van der Waals surface area contributed by atoms with Crippen molar-refractivity contribution in [3.05, 3.63) is 69.6 Å². The van der Waals surface area contributed by atoms with E-state index >= 15 is 0 Å². The number of aryl methyl sites for hydroxylation is 2. The van der Waals surface area contributed by atoms with Gasteiger partial charge in [-0.2, -0.15) is 13.2 Å². The van der Waals surface area contributed by atoms with Crippen LogP contribution in [0.3, 0.4) is 0 Å². The van der Waals surface area contributed by atoms with Gasteiger partial charge in [0.05, 0.1) is 10.5 Å². The van der Waals surface area contributed by atoms with Gasteiger partial charge in [-0.1, -0.05) is 30.3 Å². The van der Waals surface area contributed by atoms with Crippen molar-refractivity contribution in [2.75, 3.05) is 11.9 Å². The summed E-state index contributed by atoms with van der Waals surface area (Å²) in [5.41, 5.74) is 1.85. The van der Waals surface area contributed by atoms with Crippen molar-refractivity contribution in [3.63, 3.8) is 0 Å². The summed E-state index contributed by atoms with van der Waals surface area (Å²) >= 11 is 0.637. The first-order valence-electron chi connectivity index (χ1n) is 8.85. The van der Waals surface area contributed by atoms with E-state index in [1.54, 1.807) is 0 Å². The molecule has 0 unspecified atom stereocenters. The minimum atomic E-state index is -4.46. The highest BCUT2D eigenvalue weighted by Gasteiger charge is 2.36. The van der Waals surface area contributed by atoms with Gasteiger partial charge < -0.3 is 5.32 Å². The molecule has 2 aromatic carbocycles. The lowest BCUT2D eigenvalue weighted by Crippen LogP contribution is -2.36. The predicted octanol–water partition coefficient (Wildman–Crippen LogP) is 5.00. The fourth-order valence-corrected chi connectivity index (χ4v) is 3.73. The van der Waals surface area contributed by atoms with E-state index in [1.807, 2.05) is 32.0 Å². The van der Waals surface area contributed by atoms with Crippen molar-refractivity contribution in [1.82, 2.24) is 4.90 Å². The number of nitrogens with one attached hydrogen (secondary N) is 1. The Morgan fingerprint density at radius 1 is 1.07 bits per heavy atom. The molecular weight excluding hydrogens is 417 g/mol. The number of hydrogen-bond donors (Lipinski definition) is 1. The van der Waals surface area contributed by atoms with Crippen molar-refractivity contribution in [2.24, 2.45) is 0 Å². The molecular formula is C21H17F3N2O3S. The van der Waals surface area contributed by atoms with Crippen LogP contribution in [0.15, 0.2) is 47.4 Å². The summed E-state index contributed by atoms with van der Waals surface area (Å²) in [7, 11) is 0. The Balaban J connectivity index is 1.71. The molecule has 0 radical (unpaired) electrons. The van der Waals surface area contributed by atoms with Crippen LogP contribution in [0, 0.1) is 13.8 Å². The number of rotatable bonds is 4. The summed E-state index contributed by atoms with van der Waals surface area (Å²) in [6.45, 7) is 3.20. The van der Waals surface area contributed by atoms with Crippen LogP contribution in [0.2, 0.25) is 0 Å². The molecule has 2 aromatic rings. The average Bonchev–Trinajstić information content (AvgIpc) is 2.92. The van der Waals surface area contributed by atoms with Crippen molar-refractivity contribution in [2.45, 2.75) is 20.0 Å². The first kappa shape index (κ1) is 21.6. The Hall–Kier alpha value is -3.07. The third kappa shape index (κ3) is 4.73. The van der Waals surface area contributed by atoms with Crippen LogP contribution < -0.4 is 5.32 Å². The summed E-state index contributed by atoms with van der Waals surface area (Å²) in [6.07, 6.45) is -3.13. The van der Waals surface area contributed by atoms with E-state index in [0.29, 0.717) is 23.0 Å². The van der Waals surface area contributed by atoms with Crippen molar-refractivity contribution >= 4 is 40.6 Å². The lowest BCUT2D eigenvalue weighted by atomic mass is 10.1. The molecule has 1 aliphatic rings. The second-order valence-electron chi connectivity index (χ2n) is 6.70. The molecule has 3 rings (SSSR count). The van der Waals surface area contributed by atoms with E-state index in [0.717, 1.165) is 28.2 Å². The van der Waals surface area contributed by atoms with E-state index < -0.39 is 35.3 Å². The molecule has 3 amide bonds. The first-order valence-corrected chi connectivity index (χ1v) is 9.66. The number of halogens is 3. The van der Waals surface area contributed by atoms with Crippen molar-refractivity contribution < 1.29 is 27.6 Å². The number of hydrogen-bond acceptors (Lipinski definition) is 4. The van der Waals surface area contributed by atoms with Gasteiger partial charge in [0, 0.05) is 5.69 Å². The molecule has 5 nitrogen and oxygen atoms in total. The number of anilines is 1. The van der Waals surface area contributed by atoms with Crippen LogP contribution >= 0.6 is 11.8 Å².